The van der Waals surface area contributed by atoms with Crippen molar-refractivity contribution < 1.29 is 9.84 Å². The van der Waals surface area contributed by atoms with Gasteiger partial charge < -0.3 is 9.84 Å². The summed E-state index contributed by atoms with van der Waals surface area (Å²) in [6, 6.07) is 9.91. The molecule has 2 aromatic rings. The van der Waals surface area contributed by atoms with E-state index in [0.717, 1.165) is 17.7 Å². The molecule has 1 aromatic carbocycles. The summed E-state index contributed by atoms with van der Waals surface area (Å²) in [5.41, 5.74) is 2.02. The topological polar surface area (TPSA) is 60.2 Å². The van der Waals surface area contributed by atoms with E-state index >= 15 is 0 Å². The van der Waals surface area contributed by atoms with Crippen LogP contribution in [0.2, 0.25) is 0 Å². The third kappa shape index (κ3) is 5.65. The first-order chi connectivity index (χ1) is 10.1. The van der Waals surface area contributed by atoms with Crippen LogP contribution < -0.4 is 0 Å². The molecule has 0 aliphatic carbocycles. The van der Waals surface area contributed by atoms with Crippen molar-refractivity contribution in [2.24, 2.45) is 0 Å². The molecular formula is C16H22N3O2. The maximum absolute atomic E-state index is 9.95. The smallest absolute Gasteiger partial charge is 0.0969 e. The van der Waals surface area contributed by atoms with Crippen LogP contribution >= 0.6 is 0 Å². The molecule has 1 aromatic heterocycles. The molecule has 2 rings (SSSR count). The van der Waals surface area contributed by atoms with Crippen molar-refractivity contribution in [2.75, 3.05) is 6.61 Å². The van der Waals surface area contributed by atoms with Gasteiger partial charge in [0.15, 0.2) is 0 Å². The molecule has 21 heavy (non-hydrogen) atoms. The fourth-order valence-electron chi connectivity index (χ4n) is 2.03. The first-order valence-corrected chi connectivity index (χ1v) is 7.11. The Labute approximate surface area is 125 Å². The van der Waals surface area contributed by atoms with E-state index < -0.39 is 6.10 Å². The molecule has 1 heterocycles. The van der Waals surface area contributed by atoms with E-state index in [4.69, 9.17) is 4.74 Å². The quantitative estimate of drug-likeness (QED) is 0.807. The van der Waals surface area contributed by atoms with Gasteiger partial charge in [0.1, 0.15) is 0 Å². The van der Waals surface area contributed by atoms with Crippen LogP contribution in [0.5, 0.6) is 0 Å². The van der Waals surface area contributed by atoms with Crippen molar-refractivity contribution >= 4 is 0 Å². The molecule has 0 aliphatic rings. The lowest BCUT2D eigenvalue weighted by Gasteiger charge is -2.11. The number of benzene rings is 1. The largest absolute Gasteiger partial charge is 0.389 e. The average molecular weight is 288 g/mol. The predicted octanol–water partition coefficient (Wildman–Crippen LogP) is 2.01. The van der Waals surface area contributed by atoms with Gasteiger partial charge in [-0.05, 0) is 17.9 Å². The fourth-order valence-corrected chi connectivity index (χ4v) is 2.03. The van der Waals surface area contributed by atoms with Gasteiger partial charge in [-0.15, -0.1) is 5.10 Å². The summed E-state index contributed by atoms with van der Waals surface area (Å²) in [6.45, 7) is 5.30. The van der Waals surface area contributed by atoms with Crippen LogP contribution in [0.1, 0.15) is 25.1 Å². The minimum atomic E-state index is -0.588. The third-order valence-electron chi connectivity index (χ3n) is 2.94. The molecule has 5 heteroatoms. The second-order valence-corrected chi connectivity index (χ2v) is 5.47. The zero-order valence-electron chi connectivity index (χ0n) is 12.6. The van der Waals surface area contributed by atoms with Gasteiger partial charge in [0, 0.05) is 6.20 Å². The van der Waals surface area contributed by atoms with Gasteiger partial charge in [-0.1, -0.05) is 49.4 Å². The first kappa shape index (κ1) is 15.7. The Balaban J connectivity index is 1.71. The van der Waals surface area contributed by atoms with Crippen LogP contribution in [-0.2, 0) is 24.3 Å². The second kappa shape index (κ2) is 7.90. The highest BCUT2D eigenvalue weighted by atomic mass is 16.5. The van der Waals surface area contributed by atoms with Gasteiger partial charge in [-0.3, -0.25) is 0 Å². The van der Waals surface area contributed by atoms with Gasteiger partial charge in [0.25, 0.3) is 0 Å². The van der Waals surface area contributed by atoms with Gasteiger partial charge in [0.05, 0.1) is 31.6 Å². The maximum Gasteiger partial charge on any atom is 0.0969 e. The molecule has 0 bridgehead atoms. The van der Waals surface area contributed by atoms with Crippen LogP contribution in [0.4, 0.5) is 0 Å². The zero-order valence-corrected chi connectivity index (χ0v) is 12.6. The van der Waals surface area contributed by atoms with Crippen molar-refractivity contribution in [1.82, 2.24) is 15.0 Å². The molecule has 5 nitrogen and oxygen atoms in total. The minimum absolute atomic E-state index is 0.281. The Morgan fingerprint density at radius 1 is 1.29 bits per heavy atom. The number of rotatable bonds is 8. The second-order valence-electron chi connectivity index (χ2n) is 5.47. The number of aromatic nitrogens is 3. The van der Waals surface area contributed by atoms with Crippen LogP contribution in [0, 0.1) is 5.92 Å². The summed E-state index contributed by atoms with van der Waals surface area (Å²) in [5.74, 6) is 1.29. The zero-order chi connectivity index (χ0) is 15.1. The minimum Gasteiger partial charge on any atom is -0.389 e. The predicted molar refractivity (Wildman–Crippen MR) is 80.4 cm³/mol. The first-order valence-electron chi connectivity index (χ1n) is 7.11. The van der Waals surface area contributed by atoms with Crippen LogP contribution in [-0.4, -0.2) is 32.8 Å². The van der Waals surface area contributed by atoms with E-state index in [9.17, 15) is 5.11 Å². The van der Waals surface area contributed by atoms with Crippen molar-refractivity contribution in [3.05, 3.63) is 53.7 Å². The molecule has 0 fully saturated rings. The SMILES string of the molecule is C[C](C)Cc1cn(C[C@@H](O)COCc2ccccc2)nn1. The summed E-state index contributed by atoms with van der Waals surface area (Å²) < 4.78 is 7.17. The molecule has 0 saturated heterocycles. The Morgan fingerprint density at radius 3 is 2.76 bits per heavy atom. The highest BCUT2D eigenvalue weighted by molar-refractivity contribution is 5.13. The lowest BCUT2D eigenvalue weighted by atomic mass is 10.1. The Kier molecular flexibility index (Phi) is 5.90. The lowest BCUT2D eigenvalue weighted by molar-refractivity contribution is 0.0185. The number of aliphatic hydroxyl groups is 1. The summed E-state index contributed by atoms with van der Waals surface area (Å²) in [6.07, 6.45) is 2.10. The highest BCUT2D eigenvalue weighted by Crippen LogP contribution is 2.06. The average Bonchev–Trinajstić information content (AvgIpc) is 2.86. The molecule has 1 atom stereocenters. The summed E-state index contributed by atoms with van der Waals surface area (Å²) in [7, 11) is 0. The van der Waals surface area contributed by atoms with Crippen molar-refractivity contribution in [2.45, 2.75) is 39.5 Å². The van der Waals surface area contributed by atoms with Gasteiger partial charge in [-0.25, -0.2) is 4.68 Å². The lowest BCUT2D eigenvalue weighted by Crippen LogP contribution is -2.22. The maximum atomic E-state index is 9.95. The number of aliphatic hydroxyl groups excluding tert-OH is 1. The molecule has 1 N–H and O–H groups in total. The summed E-state index contributed by atoms with van der Waals surface area (Å²) in [4.78, 5) is 0. The van der Waals surface area contributed by atoms with E-state index in [2.05, 4.69) is 24.2 Å². The van der Waals surface area contributed by atoms with E-state index in [1.54, 1.807) is 4.68 Å². The summed E-state index contributed by atoms with van der Waals surface area (Å²) >= 11 is 0. The normalized spacial score (nSPS) is 12.8. The van der Waals surface area contributed by atoms with Crippen LogP contribution in [0.3, 0.4) is 0 Å². The van der Waals surface area contributed by atoms with Crippen LogP contribution in [0.25, 0.3) is 0 Å². The van der Waals surface area contributed by atoms with Crippen molar-refractivity contribution in [1.29, 1.82) is 0 Å². The monoisotopic (exact) mass is 288 g/mol. The molecule has 0 saturated carbocycles. The number of ether oxygens (including phenoxy) is 1. The Bertz CT molecular complexity index is 525. The number of hydrogen-bond donors (Lipinski definition) is 1. The molecule has 113 valence electrons. The highest BCUT2D eigenvalue weighted by Gasteiger charge is 2.09. The third-order valence-corrected chi connectivity index (χ3v) is 2.94. The molecular weight excluding hydrogens is 266 g/mol. The molecule has 0 unspecified atom stereocenters. The van der Waals surface area contributed by atoms with Gasteiger partial charge >= 0.3 is 0 Å². The molecule has 0 aliphatic heterocycles. The molecule has 1 radical (unpaired) electrons. The van der Waals surface area contributed by atoms with Crippen molar-refractivity contribution in [3.8, 4) is 0 Å². The van der Waals surface area contributed by atoms with E-state index in [-0.39, 0.29) is 6.61 Å². The molecule has 0 spiro atoms. The van der Waals surface area contributed by atoms with E-state index in [1.807, 2.05) is 36.5 Å². The van der Waals surface area contributed by atoms with Gasteiger partial charge in [-0.2, -0.15) is 0 Å². The van der Waals surface area contributed by atoms with E-state index in [0.29, 0.717) is 13.2 Å². The molecule has 0 amide bonds. The summed E-state index contributed by atoms with van der Waals surface area (Å²) in [5, 5.41) is 18.0. The Hall–Kier alpha value is -1.72. The Morgan fingerprint density at radius 2 is 2.05 bits per heavy atom. The van der Waals surface area contributed by atoms with Crippen LogP contribution in [0.15, 0.2) is 36.5 Å². The number of hydrogen-bond acceptors (Lipinski definition) is 4. The fraction of sp³-hybridized carbons (Fsp3) is 0.438. The standard InChI is InChI=1S/C16H22N3O2/c1-13(2)8-15-9-19(18-17-15)10-16(20)12-21-11-14-6-4-3-5-7-14/h3-7,9,16,20H,8,10-12H2,1-2H3/t16-/m1/s1. The number of nitrogens with zero attached hydrogens (tertiary/aromatic N) is 3. The van der Waals surface area contributed by atoms with Gasteiger partial charge in [0.2, 0.25) is 0 Å². The van der Waals surface area contributed by atoms with E-state index in [1.165, 1.54) is 5.92 Å². The van der Waals surface area contributed by atoms with Crippen molar-refractivity contribution in [3.63, 3.8) is 0 Å².